The molecule has 2 rings (SSSR count). The van der Waals surface area contributed by atoms with Crippen molar-refractivity contribution in [2.75, 3.05) is 13.2 Å². The van der Waals surface area contributed by atoms with Crippen molar-refractivity contribution in [2.45, 2.75) is 61.6 Å². The summed E-state index contributed by atoms with van der Waals surface area (Å²) in [6, 6.07) is -0.0830. The van der Waals surface area contributed by atoms with Crippen molar-refractivity contribution < 1.29 is 23.9 Å². The number of alkyl halides is 3. The molecule has 2 N–H and O–H groups in total. The molecule has 2 amide bonds. The van der Waals surface area contributed by atoms with Crippen LogP contribution < -0.4 is 10.7 Å². The number of halogens is 3. The van der Waals surface area contributed by atoms with Gasteiger partial charge in [0.1, 0.15) is 24.3 Å². The molecule has 1 saturated heterocycles. The van der Waals surface area contributed by atoms with Crippen molar-refractivity contribution in [3.8, 4) is 0 Å². The predicted molar refractivity (Wildman–Crippen MR) is 115 cm³/mol. The second kappa shape index (κ2) is 10.7. The van der Waals surface area contributed by atoms with E-state index in [1.807, 2.05) is 0 Å². The predicted octanol–water partition coefficient (Wildman–Crippen LogP) is 2.19. The lowest BCUT2D eigenvalue weighted by atomic mass is 10.1. The molecule has 1 aromatic heterocycles. The van der Waals surface area contributed by atoms with Gasteiger partial charge in [-0.1, -0.05) is 34.8 Å². The molecule has 0 saturated carbocycles. The van der Waals surface area contributed by atoms with Crippen molar-refractivity contribution in [3.63, 3.8) is 0 Å². The van der Waals surface area contributed by atoms with Crippen LogP contribution in [-0.4, -0.2) is 67.4 Å². The third-order valence-corrected chi connectivity index (χ3v) is 4.36. The fraction of sp³-hybridized carbons (Fsp3) is 0.667. The van der Waals surface area contributed by atoms with Gasteiger partial charge in [0.05, 0.1) is 6.54 Å². The minimum absolute atomic E-state index is 0.0750. The Hall–Kier alpha value is -1.75. The lowest BCUT2D eigenvalue weighted by Gasteiger charge is -2.35. The molecule has 1 unspecified atom stereocenters. The molecule has 0 spiro atoms. The number of carbonyl (C=O) groups excluding carboxylic acids is 3. The van der Waals surface area contributed by atoms with Crippen LogP contribution in [0.1, 0.15) is 33.6 Å². The van der Waals surface area contributed by atoms with Crippen molar-refractivity contribution >= 4 is 52.8 Å². The number of esters is 1. The summed E-state index contributed by atoms with van der Waals surface area (Å²) in [5, 5.41) is 7.93. The molecule has 2 atom stereocenters. The molecule has 1 aliphatic heterocycles. The van der Waals surface area contributed by atoms with Crippen LogP contribution in [0.3, 0.4) is 0 Å². The molecule has 1 aromatic rings. The van der Waals surface area contributed by atoms with Crippen LogP contribution in [0, 0.1) is 0 Å². The Bertz CT molecular complexity index is 764. The lowest BCUT2D eigenvalue weighted by Crippen LogP contribution is -2.61. The number of amides is 2. The van der Waals surface area contributed by atoms with E-state index in [1.165, 1.54) is 9.69 Å². The van der Waals surface area contributed by atoms with E-state index in [-0.39, 0.29) is 6.54 Å². The minimum Gasteiger partial charge on any atom is -0.460 e. The molecule has 1 fully saturated rings. The Morgan fingerprint density at radius 3 is 2.58 bits per heavy atom. The van der Waals surface area contributed by atoms with Gasteiger partial charge in [0, 0.05) is 18.9 Å². The average molecular weight is 499 g/mol. The first kappa shape index (κ1) is 25.5. The average Bonchev–Trinajstić information content (AvgIpc) is 3.16. The number of ether oxygens (including phenoxy) is 2. The van der Waals surface area contributed by atoms with Gasteiger partial charge in [-0.25, -0.2) is 10.2 Å². The number of hydrogen-bond acceptors (Lipinski definition) is 7. The van der Waals surface area contributed by atoms with Gasteiger partial charge in [0.15, 0.2) is 0 Å². The number of carbonyl (C=O) groups is 3. The Morgan fingerprint density at radius 2 is 2.00 bits per heavy atom. The van der Waals surface area contributed by atoms with Gasteiger partial charge in [-0.05, 0) is 39.7 Å². The van der Waals surface area contributed by atoms with E-state index in [4.69, 9.17) is 44.3 Å². The molecule has 31 heavy (non-hydrogen) atoms. The van der Waals surface area contributed by atoms with Crippen molar-refractivity contribution in [1.29, 1.82) is 0 Å². The van der Waals surface area contributed by atoms with Gasteiger partial charge in [0.25, 0.3) is 5.91 Å². The van der Waals surface area contributed by atoms with E-state index in [0.717, 1.165) is 0 Å². The van der Waals surface area contributed by atoms with Gasteiger partial charge in [0.2, 0.25) is 3.79 Å². The molecular weight excluding hydrogens is 473 g/mol. The van der Waals surface area contributed by atoms with Gasteiger partial charge >= 0.3 is 12.1 Å². The number of alkyl carbamates (subject to hydrolysis) is 1. The summed E-state index contributed by atoms with van der Waals surface area (Å²) in [6.07, 6.45) is 3.45. The molecule has 0 bridgehead atoms. The Morgan fingerprint density at radius 1 is 1.29 bits per heavy atom. The molecule has 1 aliphatic rings. The summed E-state index contributed by atoms with van der Waals surface area (Å²) in [5.41, 5.74) is 2.10. The zero-order valence-electron chi connectivity index (χ0n) is 17.4. The summed E-state index contributed by atoms with van der Waals surface area (Å²) < 4.78 is 10.0. The van der Waals surface area contributed by atoms with Crippen LogP contribution in [0.25, 0.3) is 0 Å². The number of rotatable bonds is 6. The molecule has 174 valence electrons. The Kier molecular flexibility index (Phi) is 8.82. The zero-order chi connectivity index (χ0) is 23.2. The third-order valence-electron chi connectivity index (χ3n) is 4.03. The summed E-state index contributed by atoms with van der Waals surface area (Å²) in [4.78, 5) is 37.7. The zero-order valence-corrected chi connectivity index (χ0v) is 19.7. The second-order valence-corrected chi connectivity index (χ2v) is 10.5. The normalized spacial score (nSPS) is 18.3. The topological polar surface area (TPSA) is 115 Å². The molecule has 2 heterocycles. The summed E-state index contributed by atoms with van der Waals surface area (Å²) in [6.45, 7) is 5.15. The largest absolute Gasteiger partial charge is 0.460 e. The van der Waals surface area contributed by atoms with E-state index in [1.54, 1.807) is 39.2 Å². The second-order valence-electron chi connectivity index (χ2n) is 7.96. The van der Waals surface area contributed by atoms with E-state index in [0.29, 0.717) is 19.4 Å². The van der Waals surface area contributed by atoms with Crippen molar-refractivity contribution in [2.24, 2.45) is 0 Å². The molecule has 0 aliphatic carbocycles. The van der Waals surface area contributed by atoms with Gasteiger partial charge in [-0.3, -0.25) is 19.3 Å². The maximum atomic E-state index is 13.1. The van der Waals surface area contributed by atoms with E-state index in [2.05, 4.69) is 15.8 Å². The van der Waals surface area contributed by atoms with E-state index in [9.17, 15) is 14.4 Å². The highest BCUT2D eigenvalue weighted by Gasteiger charge is 2.35. The van der Waals surface area contributed by atoms with Gasteiger partial charge < -0.3 is 14.8 Å². The van der Waals surface area contributed by atoms with Crippen LogP contribution in [0.5, 0.6) is 0 Å². The third kappa shape index (κ3) is 9.10. The first-order chi connectivity index (χ1) is 14.3. The van der Waals surface area contributed by atoms with E-state index < -0.39 is 46.1 Å². The van der Waals surface area contributed by atoms with Crippen molar-refractivity contribution in [1.82, 2.24) is 25.5 Å². The monoisotopic (exact) mass is 497 g/mol. The first-order valence-electron chi connectivity index (χ1n) is 9.62. The number of nitrogens with zero attached hydrogens (tertiary/aromatic N) is 3. The highest BCUT2D eigenvalue weighted by molar-refractivity contribution is 6.67. The maximum absolute atomic E-state index is 13.1. The molecule has 0 aromatic carbocycles. The smallest absolute Gasteiger partial charge is 0.408 e. The van der Waals surface area contributed by atoms with Crippen LogP contribution in [0.4, 0.5) is 4.79 Å². The van der Waals surface area contributed by atoms with Crippen LogP contribution in [-0.2, 0) is 25.6 Å². The molecule has 10 nitrogen and oxygen atoms in total. The maximum Gasteiger partial charge on any atom is 0.408 e. The number of hydrazine groups is 1. The standard InChI is InChI=1S/C18H26Cl3N5O5/c1-17(2,3)31-16(29)23-13(10-25-8-5-7-22-25)14(27)26-9-4-6-12(24-26)15(28)30-11-18(19,20)21/h5,7-8,12-13,24H,4,6,9-11H2,1-3H3,(H,23,29)/t12-,13?/m0/s1. The first-order valence-corrected chi connectivity index (χ1v) is 10.8. The summed E-state index contributed by atoms with van der Waals surface area (Å²) in [7, 11) is 0. The Labute approximate surface area is 195 Å². The molecular formula is C18H26Cl3N5O5. The lowest BCUT2D eigenvalue weighted by molar-refractivity contribution is -0.152. The number of aromatic nitrogens is 2. The molecule has 0 radical (unpaired) electrons. The van der Waals surface area contributed by atoms with Crippen LogP contribution >= 0.6 is 34.8 Å². The molecule has 13 heteroatoms. The quantitative estimate of drug-likeness (QED) is 0.456. The fourth-order valence-corrected chi connectivity index (χ4v) is 2.95. The van der Waals surface area contributed by atoms with Gasteiger partial charge in [-0.2, -0.15) is 5.10 Å². The highest BCUT2D eigenvalue weighted by Crippen LogP contribution is 2.26. The number of hydrogen-bond donors (Lipinski definition) is 2. The Balaban J connectivity index is 2.06. The SMILES string of the molecule is CC(C)(C)OC(=O)NC(Cn1cccn1)C(=O)N1CCC[C@@H](C(=O)OCC(Cl)(Cl)Cl)N1. The fourth-order valence-electron chi connectivity index (χ4n) is 2.79. The van der Waals surface area contributed by atoms with Crippen LogP contribution in [0.2, 0.25) is 0 Å². The van der Waals surface area contributed by atoms with E-state index >= 15 is 0 Å². The van der Waals surface area contributed by atoms with Crippen molar-refractivity contribution in [3.05, 3.63) is 18.5 Å². The van der Waals surface area contributed by atoms with Gasteiger partial charge in [-0.15, -0.1) is 0 Å². The van der Waals surface area contributed by atoms with Crippen LogP contribution in [0.15, 0.2) is 18.5 Å². The summed E-state index contributed by atoms with van der Waals surface area (Å²) in [5.74, 6) is -1.10. The number of nitrogens with one attached hydrogen (secondary N) is 2. The summed E-state index contributed by atoms with van der Waals surface area (Å²) >= 11 is 16.8. The highest BCUT2D eigenvalue weighted by atomic mass is 35.6. The minimum atomic E-state index is -1.73.